The Morgan fingerprint density at radius 3 is 3.16 bits per heavy atom. The highest BCUT2D eigenvalue weighted by molar-refractivity contribution is 5.82. The van der Waals surface area contributed by atoms with Crippen LogP contribution in [-0.2, 0) is 13.0 Å². The van der Waals surface area contributed by atoms with Crippen LogP contribution in [0.1, 0.15) is 23.4 Å². The number of aliphatic imine (C=N–C) groups is 1. The first-order valence-corrected chi connectivity index (χ1v) is 8.15. The number of hydrogen-bond donors (Lipinski definition) is 2. The Labute approximate surface area is 145 Å². The zero-order chi connectivity index (χ0) is 17.6. The maximum absolute atomic E-state index is 14.3. The van der Waals surface area contributed by atoms with E-state index >= 15 is 0 Å². The van der Waals surface area contributed by atoms with Crippen molar-refractivity contribution in [3.63, 3.8) is 0 Å². The van der Waals surface area contributed by atoms with E-state index in [4.69, 9.17) is 4.74 Å². The molecule has 0 saturated carbocycles. The van der Waals surface area contributed by atoms with Crippen LogP contribution in [0.5, 0.6) is 5.75 Å². The number of halogens is 1. The van der Waals surface area contributed by atoms with Gasteiger partial charge in [0.1, 0.15) is 23.7 Å². The predicted molar refractivity (Wildman–Crippen MR) is 92.8 cm³/mol. The van der Waals surface area contributed by atoms with Crippen LogP contribution in [0, 0.1) is 12.7 Å². The third-order valence-electron chi connectivity index (χ3n) is 3.95. The first kappa shape index (κ1) is 17.1. The molecule has 0 fully saturated rings. The lowest BCUT2D eigenvalue weighted by Crippen LogP contribution is -2.42. The van der Waals surface area contributed by atoms with Gasteiger partial charge in [0.05, 0.1) is 13.2 Å². The lowest BCUT2D eigenvalue weighted by molar-refractivity contribution is 0.356. The summed E-state index contributed by atoms with van der Waals surface area (Å²) in [5.41, 5.74) is 7.55. The van der Waals surface area contributed by atoms with Gasteiger partial charge in [0, 0.05) is 24.1 Å². The minimum absolute atomic E-state index is 0.196. The maximum atomic E-state index is 14.3. The minimum atomic E-state index is -0.271. The number of hydrogen-bond acceptors (Lipinski definition) is 5. The molecule has 1 aliphatic heterocycles. The topological polar surface area (TPSA) is 76.4 Å². The van der Waals surface area contributed by atoms with Crippen LogP contribution >= 0.6 is 0 Å². The summed E-state index contributed by atoms with van der Waals surface area (Å²) < 4.78 is 21.5. The molecule has 0 saturated heterocycles. The molecule has 25 heavy (non-hydrogen) atoms. The molecule has 0 atom stereocenters. The van der Waals surface area contributed by atoms with Gasteiger partial charge in [-0.05, 0) is 25.5 Å². The fraction of sp³-hybridized carbons (Fsp3) is 0.353. The van der Waals surface area contributed by atoms with Gasteiger partial charge in [0.15, 0.2) is 0 Å². The first-order valence-electron chi connectivity index (χ1n) is 8.15. The number of aromatic nitrogens is 3. The molecule has 3 rings (SSSR count). The largest absolute Gasteiger partial charge is 0.493 e. The Kier molecular flexibility index (Phi) is 5.39. The Bertz CT molecular complexity index is 785. The molecule has 2 heterocycles. The van der Waals surface area contributed by atoms with E-state index in [9.17, 15) is 4.39 Å². The van der Waals surface area contributed by atoms with Crippen molar-refractivity contribution in [2.45, 2.75) is 26.3 Å². The van der Waals surface area contributed by atoms with E-state index in [-0.39, 0.29) is 12.4 Å². The van der Waals surface area contributed by atoms with Gasteiger partial charge < -0.3 is 4.74 Å². The van der Waals surface area contributed by atoms with Crippen molar-refractivity contribution in [1.82, 2.24) is 25.6 Å². The smallest absolute Gasteiger partial charge is 0.220 e. The molecule has 1 aromatic heterocycles. The molecule has 1 aromatic carbocycles. The fourth-order valence-electron chi connectivity index (χ4n) is 2.63. The van der Waals surface area contributed by atoms with E-state index in [1.165, 1.54) is 6.07 Å². The van der Waals surface area contributed by atoms with Crippen LogP contribution in [0.3, 0.4) is 0 Å². The van der Waals surface area contributed by atoms with Gasteiger partial charge in [-0.15, -0.1) is 16.8 Å². The van der Waals surface area contributed by atoms with Gasteiger partial charge in [-0.25, -0.2) is 14.8 Å². The Morgan fingerprint density at radius 1 is 1.52 bits per heavy atom. The molecule has 0 unspecified atom stereocenters. The van der Waals surface area contributed by atoms with E-state index in [0.29, 0.717) is 36.9 Å². The van der Waals surface area contributed by atoms with E-state index in [1.54, 1.807) is 17.0 Å². The van der Waals surface area contributed by atoms with E-state index in [1.807, 2.05) is 13.0 Å². The number of hydrazine groups is 1. The molecular formula is C17H21FN6O. The van der Waals surface area contributed by atoms with Gasteiger partial charge >= 0.3 is 0 Å². The van der Waals surface area contributed by atoms with Crippen LogP contribution in [0.15, 0.2) is 36.1 Å². The quantitative estimate of drug-likeness (QED) is 0.274. The zero-order valence-corrected chi connectivity index (χ0v) is 14.1. The first-order chi connectivity index (χ1) is 12.2. The molecule has 0 amide bonds. The molecule has 0 spiro atoms. The number of ether oxygens (including phenoxy) is 1. The summed E-state index contributed by atoms with van der Waals surface area (Å²) in [5.74, 6) is 1.65. The van der Waals surface area contributed by atoms with Crippen molar-refractivity contribution < 1.29 is 9.13 Å². The summed E-state index contributed by atoms with van der Waals surface area (Å²) in [5, 5.41) is 7.84. The molecular weight excluding hydrogens is 323 g/mol. The minimum Gasteiger partial charge on any atom is -0.493 e. The number of aryl methyl sites for hydroxylation is 1. The molecule has 0 radical (unpaired) electrons. The Balaban J connectivity index is 1.83. The SMILES string of the molecule is C=CCCNNC(=NCc1c(F)ccc2c1CCO2)n1cnnc1C. The Hall–Kier alpha value is -2.74. The number of benzene rings is 1. The summed E-state index contributed by atoms with van der Waals surface area (Å²) in [6.07, 6.45) is 4.88. The lowest BCUT2D eigenvalue weighted by Gasteiger charge is -2.13. The van der Waals surface area contributed by atoms with Crippen LogP contribution in [-0.4, -0.2) is 33.9 Å². The Morgan fingerprint density at radius 2 is 2.40 bits per heavy atom. The van der Waals surface area contributed by atoms with Crippen LogP contribution < -0.4 is 15.6 Å². The highest BCUT2D eigenvalue weighted by atomic mass is 19.1. The number of rotatable bonds is 6. The molecule has 1 aliphatic rings. The highest BCUT2D eigenvalue weighted by Crippen LogP contribution is 2.30. The number of nitrogens with one attached hydrogen (secondary N) is 2. The lowest BCUT2D eigenvalue weighted by atomic mass is 10.0. The predicted octanol–water partition coefficient (Wildman–Crippen LogP) is 1.74. The van der Waals surface area contributed by atoms with Crippen LogP contribution in [0.2, 0.25) is 0 Å². The molecule has 7 nitrogen and oxygen atoms in total. The molecule has 0 aliphatic carbocycles. The van der Waals surface area contributed by atoms with Gasteiger partial charge in [-0.1, -0.05) is 6.08 Å². The molecule has 2 aromatic rings. The van der Waals surface area contributed by atoms with Gasteiger partial charge in [0.25, 0.3) is 0 Å². The van der Waals surface area contributed by atoms with Crippen LogP contribution in [0.25, 0.3) is 0 Å². The monoisotopic (exact) mass is 344 g/mol. The molecule has 8 heteroatoms. The molecule has 0 bridgehead atoms. The van der Waals surface area contributed by atoms with Gasteiger partial charge in [-0.2, -0.15) is 0 Å². The van der Waals surface area contributed by atoms with E-state index < -0.39 is 0 Å². The number of nitrogens with zero attached hydrogens (tertiary/aromatic N) is 4. The average Bonchev–Trinajstić information content (AvgIpc) is 3.24. The summed E-state index contributed by atoms with van der Waals surface area (Å²) in [6.45, 7) is 6.97. The van der Waals surface area contributed by atoms with Crippen molar-refractivity contribution in [3.8, 4) is 5.75 Å². The second-order valence-corrected chi connectivity index (χ2v) is 5.62. The maximum Gasteiger partial charge on any atom is 0.220 e. The van der Waals surface area contributed by atoms with Crippen molar-refractivity contribution in [2.75, 3.05) is 13.2 Å². The fourth-order valence-corrected chi connectivity index (χ4v) is 2.63. The van der Waals surface area contributed by atoms with Gasteiger partial charge in [0.2, 0.25) is 5.96 Å². The zero-order valence-electron chi connectivity index (χ0n) is 14.1. The van der Waals surface area contributed by atoms with Gasteiger partial charge in [-0.3, -0.25) is 9.99 Å². The highest BCUT2D eigenvalue weighted by Gasteiger charge is 2.19. The molecule has 132 valence electrons. The van der Waals surface area contributed by atoms with Crippen LogP contribution in [0.4, 0.5) is 4.39 Å². The van der Waals surface area contributed by atoms with Crippen molar-refractivity contribution in [1.29, 1.82) is 0 Å². The number of fused-ring (bicyclic) bond motifs is 1. The summed E-state index contributed by atoms with van der Waals surface area (Å²) in [4.78, 5) is 4.54. The van der Waals surface area contributed by atoms with E-state index in [2.05, 4.69) is 32.6 Å². The van der Waals surface area contributed by atoms with Crippen molar-refractivity contribution in [3.05, 3.63) is 53.9 Å². The summed E-state index contributed by atoms with van der Waals surface area (Å²) >= 11 is 0. The molecule has 2 N–H and O–H groups in total. The summed E-state index contributed by atoms with van der Waals surface area (Å²) in [6, 6.07) is 3.10. The third kappa shape index (κ3) is 3.85. The second kappa shape index (κ2) is 7.89. The van der Waals surface area contributed by atoms with Crippen molar-refractivity contribution >= 4 is 5.96 Å². The third-order valence-corrected chi connectivity index (χ3v) is 3.95. The van der Waals surface area contributed by atoms with Crippen molar-refractivity contribution in [2.24, 2.45) is 4.99 Å². The van der Waals surface area contributed by atoms with E-state index in [0.717, 1.165) is 17.7 Å². The normalized spacial score (nSPS) is 13.4. The average molecular weight is 344 g/mol. The second-order valence-electron chi connectivity index (χ2n) is 5.62. The standard InChI is InChI=1S/C17H21FN6O/c1-3-4-8-20-23-17(24-11-21-22-12(24)2)19-10-14-13-7-9-25-16(13)6-5-15(14)18/h3,5-6,11,20H,1,4,7-10H2,2H3,(H,19,23). The summed E-state index contributed by atoms with van der Waals surface area (Å²) in [7, 11) is 0.